The van der Waals surface area contributed by atoms with Gasteiger partial charge in [0.25, 0.3) is 0 Å². The zero-order valence-electron chi connectivity index (χ0n) is 15.5. The zero-order chi connectivity index (χ0) is 18.9. The molecule has 138 valence electrons. The Morgan fingerprint density at radius 1 is 0.889 bits per heavy atom. The van der Waals surface area contributed by atoms with E-state index in [4.69, 9.17) is 4.74 Å². The molecule has 3 aromatic rings. The number of likely N-dealkylation sites (N-methyl/N-ethyl adjacent to an activating group) is 1. The van der Waals surface area contributed by atoms with Crippen LogP contribution in [-0.2, 0) is 11.4 Å². The fourth-order valence-corrected chi connectivity index (χ4v) is 2.79. The second kappa shape index (κ2) is 9.43. The van der Waals surface area contributed by atoms with Crippen molar-refractivity contribution in [2.45, 2.75) is 13.5 Å². The minimum atomic E-state index is 0.0353. The molecule has 4 nitrogen and oxygen atoms in total. The molecule has 0 radical (unpaired) electrons. The van der Waals surface area contributed by atoms with Gasteiger partial charge in [0.2, 0.25) is 5.91 Å². The summed E-state index contributed by atoms with van der Waals surface area (Å²) >= 11 is 0. The largest absolute Gasteiger partial charge is 0.489 e. The van der Waals surface area contributed by atoms with Crippen LogP contribution in [0.3, 0.4) is 0 Å². The van der Waals surface area contributed by atoms with Gasteiger partial charge in [0, 0.05) is 17.9 Å². The highest BCUT2D eigenvalue weighted by atomic mass is 16.5. The normalized spacial score (nSPS) is 10.3. The van der Waals surface area contributed by atoms with Crippen molar-refractivity contribution >= 4 is 17.3 Å². The zero-order valence-corrected chi connectivity index (χ0v) is 15.5. The molecule has 3 rings (SSSR count). The molecule has 0 aliphatic rings. The third-order valence-electron chi connectivity index (χ3n) is 4.23. The topological polar surface area (TPSA) is 41.6 Å². The van der Waals surface area contributed by atoms with Crippen molar-refractivity contribution in [1.82, 2.24) is 0 Å². The summed E-state index contributed by atoms with van der Waals surface area (Å²) in [7, 11) is 0. The van der Waals surface area contributed by atoms with E-state index in [0.717, 1.165) is 22.7 Å². The maximum Gasteiger partial charge on any atom is 0.246 e. The van der Waals surface area contributed by atoms with Gasteiger partial charge < -0.3 is 15.0 Å². The molecule has 0 spiro atoms. The average molecular weight is 360 g/mol. The van der Waals surface area contributed by atoms with Crippen molar-refractivity contribution in [2.24, 2.45) is 0 Å². The van der Waals surface area contributed by atoms with Crippen LogP contribution >= 0.6 is 0 Å². The number of amides is 1. The molecule has 1 N–H and O–H groups in total. The van der Waals surface area contributed by atoms with Gasteiger partial charge in [0.05, 0.1) is 6.54 Å². The van der Waals surface area contributed by atoms with E-state index in [1.54, 1.807) is 4.90 Å². The van der Waals surface area contributed by atoms with Gasteiger partial charge in [-0.05, 0) is 48.9 Å². The summed E-state index contributed by atoms with van der Waals surface area (Å²) in [4.78, 5) is 14.3. The number of hydrogen-bond acceptors (Lipinski definition) is 3. The molecule has 1 amide bonds. The lowest BCUT2D eigenvalue weighted by Crippen LogP contribution is -2.35. The number of nitrogens with zero attached hydrogens (tertiary/aromatic N) is 1. The number of carbonyl (C=O) groups excluding carboxylic acids is 1. The second-order valence-corrected chi connectivity index (χ2v) is 6.13. The highest BCUT2D eigenvalue weighted by molar-refractivity contribution is 5.96. The maximum absolute atomic E-state index is 12.5. The Kier molecular flexibility index (Phi) is 6.47. The van der Waals surface area contributed by atoms with Gasteiger partial charge in [-0.25, -0.2) is 0 Å². The van der Waals surface area contributed by atoms with E-state index < -0.39 is 0 Å². The first-order valence-corrected chi connectivity index (χ1v) is 9.12. The van der Waals surface area contributed by atoms with Gasteiger partial charge >= 0.3 is 0 Å². The summed E-state index contributed by atoms with van der Waals surface area (Å²) in [5.41, 5.74) is 2.93. The van der Waals surface area contributed by atoms with Crippen LogP contribution in [0.4, 0.5) is 11.4 Å². The second-order valence-electron chi connectivity index (χ2n) is 6.13. The van der Waals surface area contributed by atoms with Crippen LogP contribution in [-0.4, -0.2) is 19.0 Å². The number of hydrogen-bond donors (Lipinski definition) is 1. The third kappa shape index (κ3) is 5.35. The average Bonchev–Trinajstić information content (AvgIpc) is 2.73. The first kappa shape index (κ1) is 18.5. The molecule has 0 unspecified atom stereocenters. The number of nitrogens with one attached hydrogen (secondary N) is 1. The third-order valence-corrected chi connectivity index (χ3v) is 4.23. The number of ether oxygens (including phenoxy) is 1. The monoisotopic (exact) mass is 360 g/mol. The number of carbonyl (C=O) groups is 1. The summed E-state index contributed by atoms with van der Waals surface area (Å²) in [5, 5.41) is 3.18. The van der Waals surface area contributed by atoms with E-state index >= 15 is 0 Å². The molecule has 0 bridgehead atoms. The smallest absolute Gasteiger partial charge is 0.246 e. The van der Waals surface area contributed by atoms with Crippen LogP contribution in [0, 0.1) is 0 Å². The van der Waals surface area contributed by atoms with Crippen LogP contribution in [0.1, 0.15) is 12.5 Å². The van der Waals surface area contributed by atoms with Crippen LogP contribution < -0.4 is 15.0 Å². The number of para-hydroxylation sites is 1. The Labute approximate surface area is 160 Å². The van der Waals surface area contributed by atoms with Crippen LogP contribution in [0.15, 0.2) is 84.9 Å². The highest BCUT2D eigenvalue weighted by Gasteiger charge is 2.13. The van der Waals surface area contributed by atoms with Crippen molar-refractivity contribution in [3.63, 3.8) is 0 Å². The molecule has 27 heavy (non-hydrogen) atoms. The number of anilines is 2. The van der Waals surface area contributed by atoms with Gasteiger partial charge in [-0.1, -0.05) is 48.5 Å². The molecule has 0 atom stereocenters. The van der Waals surface area contributed by atoms with E-state index in [2.05, 4.69) is 5.32 Å². The van der Waals surface area contributed by atoms with Crippen molar-refractivity contribution in [2.75, 3.05) is 23.3 Å². The number of benzene rings is 3. The molecular formula is C23H24N2O2. The van der Waals surface area contributed by atoms with E-state index in [1.807, 2.05) is 91.9 Å². The van der Waals surface area contributed by atoms with Crippen molar-refractivity contribution in [3.8, 4) is 5.75 Å². The minimum absolute atomic E-state index is 0.0353. The predicted molar refractivity (Wildman–Crippen MR) is 110 cm³/mol. The Morgan fingerprint density at radius 2 is 1.52 bits per heavy atom. The first-order chi connectivity index (χ1) is 13.3. The summed E-state index contributed by atoms with van der Waals surface area (Å²) in [6.07, 6.45) is 0. The van der Waals surface area contributed by atoms with Gasteiger partial charge in [0.15, 0.2) is 0 Å². The van der Waals surface area contributed by atoms with E-state index in [9.17, 15) is 4.79 Å². The summed E-state index contributed by atoms with van der Waals surface area (Å²) in [6, 6.07) is 27.4. The molecule has 0 aliphatic heterocycles. The molecular weight excluding hydrogens is 336 g/mol. The molecule has 0 aromatic heterocycles. The molecule has 0 saturated heterocycles. The standard InChI is InChI=1S/C23H24N2O2/c1-2-25(21-11-7-4-8-12-21)23(26)17-24-20-13-15-22(16-14-20)27-18-19-9-5-3-6-10-19/h3-16,24H,2,17-18H2,1H3. The van der Waals surface area contributed by atoms with E-state index in [0.29, 0.717) is 13.2 Å². The quantitative estimate of drug-likeness (QED) is 0.631. The Balaban J connectivity index is 1.51. The summed E-state index contributed by atoms with van der Waals surface area (Å²) in [6.45, 7) is 3.39. The summed E-state index contributed by atoms with van der Waals surface area (Å²) < 4.78 is 5.78. The fourth-order valence-electron chi connectivity index (χ4n) is 2.79. The van der Waals surface area contributed by atoms with Crippen LogP contribution in [0.2, 0.25) is 0 Å². The Bertz CT molecular complexity index is 833. The van der Waals surface area contributed by atoms with Gasteiger partial charge in [0.1, 0.15) is 12.4 Å². The minimum Gasteiger partial charge on any atom is -0.489 e. The van der Waals surface area contributed by atoms with E-state index in [1.165, 1.54) is 0 Å². The van der Waals surface area contributed by atoms with Crippen molar-refractivity contribution in [1.29, 1.82) is 0 Å². The molecule has 3 aromatic carbocycles. The lowest BCUT2D eigenvalue weighted by molar-refractivity contribution is -0.116. The van der Waals surface area contributed by atoms with Gasteiger partial charge in [-0.3, -0.25) is 4.79 Å². The molecule has 0 saturated carbocycles. The predicted octanol–water partition coefficient (Wildman–Crippen LogP) is 4.73. The Hall–Kier alpha value is -3.27. The lowest BCUT2D eigenvalue weighted by atomic mass is 10.2. The molecule has 0 aliphatic carbocycles. The van der Waals surface area contributed by atoms with Gasteiger partial charge in [-0.2, -0.15) is 0 Å². The van der Waals surface area contributed by atoms with Gasteiger partial charge in [-0.15, -0.1) is 0 Å². The molecule has 4 heteroatoms. The van der Waals surface area contributed by atoms with Crippen molar-refractivity contribution < 1.29 is 9.53 Å². The molecule has 0 heterocycles. The van der Waals surface area contributed by atoms with Crippen molar-refractivity contribution in [3.05, 3.63) is 90.5 Å². The summed E-state index contributed by atoms with van der Waals surface area (Å²) in [5.74, 6) is 0.836. The highest BCUT2D eigenvalue weighted by Crippen LogP contribution is 2.18. The van der Waals surface area contributed by atoms with Crippen LogP contribution in [0.5, 0.6) is 5.75 Å². The SMILES string of the molecule is CCN(C(=O)CNc1ccc(OCc2ccccc2)cc1)c1ccccc1. The first-order valence-electron chi connectivity index (χ1n) is 9.12. The van der Waals surface area contributed by atoms with E-state index in [-0.39, 0.29) is 12.5 Å². The number of rotatable bonds is 8. The Morgan fingerprint density at radius 3 is 2.15 bits per heavy atom. The maximum atomic E-state index is 12.5. The van der Waals surface area contributed by atoms with Crippen LogP contribution in [0.25, 0.3) is 0 Å². The fraction of sp³-hybridized carbons (Fsp3) is 0.174. The molecule has 0 fully saturated rings. The lowest BCUT2D eigenvalue weighted by Gasteiger charge is -2.21.